The number of unbranched alkanes of at least 4 members (excludes halogenated alkanes) is 38. The van der Waals surface area contributed by atoms with Gasteiger partial charge in [-0.25, -0.2) is 0 Å². The number of nitrogens with one attached hydrogen (secondary N) is 1. The van der Waals surface area contributed by atoms with Crippen molar-refractivity contribution < 1.29 is 89.4 Å². The van der Waals surface area contributed by atoms with Crippen LogP contribution in [0.25, 0.3) is 0 Å². The molecular weight excluding hydrogens is 1320 g/mol. The van der Waals surface area contributed by atoms with Gasteiger partial charge in [-0.15, -0.1) is 0 Å². The van der Waals surface area contributed by atoms with Crippen LogP contribution in [0.5, 0.6) is 0 Å². The monoisotopic (exact) mass is 1470 g/mol. The van der Waals surface area contributed by atoms with E-state index in [-0.39, 0.29) is 18.9 Å². The van der Waals surface area contributed by atoms with Crippen molar-refractivity contribution in [2.75, 3.05) is 26.4 Å². The Morgan fingerprint density at radius 1 is 0.356 bits per heavy atom. The van der Waals surface area contributed by atoms with Gasteiger partial charge in [0.15, 0.2) is 18.9 Å². The quantitative estimate of drug-likeness (QED) is 0.0199. The van der Waals surface area contributed by atoms with Gasteiger partial charge in [-0.3, -0.25) is 4.79 Å². The Hall–Kier alpha value is -3.03. The Morgan fingerprint density at radius 3 is 1.04 bits per heavy atom. The molecule has 3 heterocycles. The fourth-order valence-corrected chi connectivity index (χ4v) is 13.8. The number of hydrogen-bond donors (Lipinski definition) is 12. The normalized spacial score (nSPS) is 26.3. The van der Waals surface area contributed by atoms with Gasteiger partial charge in [-0.05, 0) is 70.6 Å². The lowest BCUT2D eigenvalue weighted by Gasteiger charge is -2.48. The SMILES string of the molecule is CC/C=C\C/C=C\C/C=C\C/C=C\C/C=C\C/C=C\CCCCCCCCCCC(=O)NC(COC1OC(CO)C(OC2OC(CO)C(OC3OC(CO)C(O)C(O)C3O)C(O)C2O)C(O)C1O)C(O)/C=C/CCCCCCCCCCCCCCCCCCCCCCCCCCCCCCCC. The first-order valence-corrected chi connectivity index (χ1v) is 41.8. The maximum Gasteiger partial charge on any atom is 0.220 e. The topological polar surface area (TPSA) is 307 Å². The average Bonchev–Trinajstić information content (AvgIpc) is 0.783. The fraction of sp³-hybridized carbons (Fsp3) is 0.824. The molecule has 0 spiro atoms. The minimum absolute atomic E-state index is 0.229. The van der Waals surface area contributed by atoms with Gasteiger partial charge < -0.3 is 89.9 Å². The van der Waals surface area contributed by atoms with Crippen LogP contribution in [0.1, 0.15) is 316 Å². The standard InChI is InChI=1S/C85H151NO18/c1-3-5-7-9-11-13-15-17-19-21-23-25-27-29-31-32-33-34-35-37-38-40-42-44-46-48-50-52-54-56-58-60-62-69(90)68(86-73(91)63-61-59-57-55-53-51-49-47-45-43-41-39-36-30-28-26-24-22-20-18-16-14-12-10-8-6-4-2)67-99-83-79(97)76(94)81(71(65-88)101-83)104-85-80(98)77(95)82(72(66-89)102-85)103-84-78(96)75(93)74(92)70(64-87)100-84/h6,8,12,14,18,20,24,26,30,36,41,43,60,62,68-72,74-85,87-90,92-98H,3-5,7,9-11,13,15-17,19,21-23,25,27-29,31-35,37-40,42,44-59,61,63-67H2,1-2H3,(H,86,91)/b8-6-,14-12-,20-18-,26-24-,36-30-,43-41-,62-60+. The Morgan fingerprint density at radius 2 is 0.663 bits per heavy atom. The van der Waals surface area contributed by atoms with E-state index in [1.54, 1.807) is 6.08 Å². The number of rotatable bonds is 66. The molecule has 0 aromatic rings. The van der Waals surface area contributed by atoms with Crippen molar-refractivity contribution in [1.82, 2.24) is 5.32 Å². The largest absolute Gasteiger partial charge is 0.394 e. The fourth-order valence-electron chi connectivity index (χ4n) is 13.8. The second-order valence-corrected chi connectivity index (χ2v) is 29.6. The van der Waals surface area contributed by atoms with Crippen molar-refractivity contribution in [3.8, 4) is 0 Å². The van der Waals surface area contributed by atoms with Gasteiger partial charge in [0, 0.05) is 6.42 Å². The summed E-state index contributed by atoms with van der Waals surface area (Å²) < 4.78 is 34.5. The molecule has 0 aromatic carbocycles. The molecule has 19 nitrogen and oxygen atoms in total. The van der Waals surface area contributed by atoms with E-state index < -0.39 is 124 Å². The Bertz CT molecular complexity index is 2210. The van der Waals surface area contributed by atoms with Crippen LogP contribution in [-0.2, 0) is 33.2 Å². The van der Waals surface area contributed by atoms with Crippen molar-refractivity contribution in [2.24, 2.45) is 0 Å². The van der Waals surface area contributed by atoms with Gasteiger partial charge in [0.2, 0.25) is 5.91 Å². The summed E-state index contributed by atoms with van der Waals surface area (Å²) in [7, 11) is 0. The van der Waals surface area contributed by atoms with E-state index in [0.717, 1.165) is 103 Å². The molecular formula is C85H151NO18. The third-order valence-electron chi connectivity index (χ3n) is 20.4. The summed E-state index contributed by atoms with van der Waals surface area (Å²) in [5.74, 6) is -0.284. The molecule has 3 rings (SSSR count). The van der Waals surface area contributed by atoms with E-state index in [0.29, 0.717) is 6.42 Å². The molecule has 12 N–H and O–H groups in total. The van der Waals surface area contributed by atoms with E-state index in [4.69, 9.17) is 28.4 Å². The molecule has 3 aliphatic rings. The molecule has 0 saturated carbocycles. The van der Waals surface area contributed by atoms with E-state index in [9.17, 15) is 61.0 Å². The summed E-state index contributed by atoms with van der Waals surface area (Å²) in [4.78, 5) is 13.5. The maximum atomic E-state index is 13.5. The van der Waals surface area contributed by atoms with Crippen molar-refractivity contribution in [1.29, 1.82) is 0 Å². The van der Waals surface area contributed by atoms with Crippen LogP contribution in [0.4, 0.5) is 0 Å². The highest BCUT2D eigenvalue weighted by molar-refractivity contribution is 5.76. The van der Waals surface area contributed by atoms with E-state index in [2.05, 4.69) is 92.1 Å². The van der Waals surface area contributed by atoms with E-state index >= 15 is 0 Å². The number of ether oxygens (including phenoxy) is 6. The van der Waals surface area contributed by atoms with E-state index in [1.165, 1.54) is 186 Å². The Labute approximate surface area is 629 Å². The number of aliphatic hydroxyl groups is 11. The lowest BCUT2D eigenvalue weighted by Crippen LogP contribution is -2.66. The number of aliphatic hydroxyl groups excluding tert-OH is 11. The number of hydrogen-bond acceptors (Lipinski definition) is 18. The van der Waals surface area contributed by atoms with Crippen LogP contribution in [0.15, 0.2) is 85.1 Å². The molecule has 104 heavy (non-hydrogen) atoms. The number of amides is 1. The Balaban J connectivity index is 1.37. The highest BCUT2D eigenvalue weighted by Gasteiger charge is 2.54. The third-order valence-corrected chi connectivity index (χ3v) is 20.4. The highest BCUT2D eigenvalue weighted by atomic mass is 16.8. The summed E-state index contributed by atoms with van der Waals surface area (Å²) in [5, 5.41) is 121. The van der Waals surface area contributed by atoms with Crippen LogP contribution in [-0.4, -0.2) is 193 Å². The second-order valence-electron chi connectivity index (χ2n) is 29.6. The summed E-state index contributed by atoms with van der Waals surface area (Å²) in [6, 6.07) is -0.986. The van der Waals surface area contributed by atoms with Crippen LogP contribution in [0.3, 0.4) is 0 Å². The first-order valence-electron chi connectivity index (χ1n) is 41.8. The van der Waals surface area contributed by atoms with Crippen LogP contribution in [0, 0.1) is 0 Å². The lowest BCUT2D eigenvalue weighted by atomic mass is 9.96. The Kier molecular flexibility index (Phi) is 59.3. The van der Waals surface area contributed by atoms with Crippen molar-refractivity contribution >= 4 is 5.91 Å². The number of allylic oxidation sites excluding steroid dienone is 13. The molecule has 3 saturated heterocycles. The predicted molar refractivity (Wildman–Crippen MR) is 415 cm³/mol. The minimum Gasteiger partial charge on any atom is -0.394 e. The molecule has 3 fully saturated rings. The average molecular weight is 1480 g/mol. The van der Waals surface area contributed by atoms with Gasteiger partial charge in [-0.2, -0.15) is 0 Å². The molecule has 1 amide bonds. The van der Waals surface area contributed by atoms with Gasteiger partial charge in [0.05, 0.1) is 38.6 Å². The lowest BCUT2D eigenvalue weighted by molar-refractivity contribution is -0.379. The van der Waals surface area contributed by atoms with Gasteiger partial charge >= 0.3 is 0 Å². The first kappa shape index (κ1) is 95.2. The molecule has 0 aliphatic carbocycles. The van der Waals surface area contributed by atoms with Gasteiger partial charge in [0.1, 0.15) is 73.2 Å². The third kappa shape index (κ3) is 44.0. The molecule has 0 bridgehead atoms. The maximum absolute atomic E-state index is 13.5. The first-order chi connectivity index (χ1) is 50.8. The number of carbonyl (C=O) groups excluding carboxylic acids is 1. The van der Waals surface area contributed by atoms with Gasteiger partial charge in [-0.1, -0.05) is 324 Å². The van der Waals surface area contributed by atoms with Crippen molar-refractivity contribution in [3.63, 3.8) is 0 Å². The summed E-state index contributed by atoms with van der Waals surface area (Å²) in [6.07, 6.45) is 60.0. The smallest absolute Gasteiger partial charge is 0.220 e. The minimum atomic E-state index is -1.98. The summed E-state index contributed by atoms with van der Waals surface area (Å²) in [6.45, 7) is 1.65. The molecule has 3 aliphatic heterocycles. The zero-order valence-electron chi connectivity index (χ0n) is 64.7. The van der Waals surface area contributed by atoms with Crippen LogP contribution in [0.2, 0.25) is 0 Å². The summed E-state index contributed by atoms with van der Waals surface area (Å²) >= 11 is 0. The highest BCUT2D eigenvalue weighted by Crippen LogP contribution is 2.33. The number of carbonyl (C=O) groups is 1. The summed E-state index contributed by atoms with van der Waals surface area (Å²) in [5.41, 5.74) is 0. The molecule has 604 valence electrons. The zero-order valence-corrected chi connectivity index (χ0v) is 64.7. The van der Waals surface area contributed by atoms with Crippen LogP contribution < -0.4 is 5.32 Å². The second kappa shape index (κ2) is 64.8. The van der Waals surface area contributed by atoms with E-state index in [1.807, 2.05) is 6.08 Å². The van der Waals surface area contributed by atoms with Crippen LogP contribution >= 0.6 is 0 Å². The molecule has 0 aromatic heterocycles. The molecule has 17 unspecified atom stereocenters. The van der Waals surface area contributed by atoms with Crippen molar-refractivity contribution in [2.45, 2.75) is 420 Å². The molecule has 19 heteroatoms. The van der Waals surface area contributed by atoms with Crippen molar-refractivity contribution in [3.05, 3.63) is 85.1 Å². The predicted octanol–water partition coefficient (Wildman–Crippen LogP) is 14.6. The van der Waals surface area contributed by atoms with Gasteiger partial charge in [0.25, 0.3) is 0 Å². The molecule has 0 radical (unpaired) electrons. The molecule has 17 atom stereocenters. The zero-order chi connectivity index (χ0) is 75.3.